The molecule has 1 aromatic heterocycles. The second-order valence-electron chi connectivity index (χ2n) is 4.72. The Bertz CT molecular complexity index is 540. The monoisotopic (exact) mass is 289 g/mol. The molecule has 5 nitrogen and oxygen atoms in total. The van der Waals surface area contributed by atoms with Gasteiger partial charge in [-0.25, -0.2) is 0 Å². The smallest absolute Gasteiger partial charge is 0.161 e. The first kappa shape index (κ1) is 15.4. The second kappa shape index (κ2) is 8.32. The van der Waals surface area contributed by atoms with Crippen molar-refractivity contribution >= 4 is 0 Å². The highest BCUT2D eigenvalue weighted by Crippen LogP contribution is 2.25. The summed E-state index contributed by atoms with van der Waals surface area (Å²) >= 11 is 0. The fourth-order valence-corrected chi connectivity index (χ4v) is 2.08. The molecule has 0 radical (unpaired) electrons. The molecule has 1 heterocycles. The van der Waals surface area contributed by atoms with Crippen LogP contribution in [0, 0.1) is 0 Å². The van der Waals surface area contributed by atoms with Crippen molar-refractivity contribution in [3.63, 3.8) is 0 Å². The number of para-hydroxylation sites is 2. The Morgan fingerprint density at radius 1 is 1.19 bits per heavy atom. The molecule has 21 heavy (non-hydrogen) atoms. The molecule has 0 aliphatic carbocycles. The van der Waals surface area contributed by atoms with Crippen molar-refractivity contribution in [3.05, 3.63) is 42.2 Å². The van der Waals surface area contributed by atoms with Crippen LogP contribution < -0.4 is 14.8 Å². The Hall–Kier alpha value is -2.01. The first-order valence-corrected chi connectivity index (χ1v) is 7.32. The summed E-state index contributed by atoms with van der Waals surface area (Å²) in [6.45, 7) is 5.29. The van der Waals surface area contributed by atoms with Crippen molar-refractivity contribution in [2.24, 2.45) is 0 Å². The van der Waals surface area contributed by atoms with Gasteiger partial charge in [0, 0.05) is 12.7 Å². The van der Waals surface area contributed by atoms with Gasteiger partial charge in [0.1, 0.15) is 6.61 Å². The summed E-state index contributed by atoms with van der Waals surface area (Å²) in [5.41, 5.74) is 1.17. The van der Waals surface area contributed by atoms with Gasteiger partial charge < -0.3 is 14.8 Å². The van der Waals surface area contributed by atoms with Crippen LogP contribution in [0.25, 0.3) is 0 Å². The average Bonchev–Trinajstić information content (AvgIpc) is 2.96. The molecule has 0 saturated heterocycles. The van der Waals surface area contributed by atoms with E-state index in [4.69, 9.17) is 9.47 Å². The Morgan fingerprint density at radius 2 is 2.00 bits per heavy atom. The molecular weight excluding hydrogens is 266 g/mol. The fraction of sp³-hybridized carbons (Fsp3) is 0.438. The quantitative estimate of drug-likeness (QED) is 0.720. The number of rotatable bonds is 9. The van der Waals surface area contributed by atoms with E-state index in [0.717, 1.165) is 31.0 Å². The Morgan fingerprint density at radius 3 is 2.76 bits per heavy atom. The highest BCUT2D eigenvalue weighted by atomic mass is 16.5. The molecular formula is C16H23N3O2. The second-order valence-corrected chi connectivity index (χ2v) is 4.72. The molecule has 5 heteroatoms. The van der Waals surface area contributed by atoms with Crippen molar-refractivity contribution in [2.45, 2.75) is 26.4 Å². The van der Waals surface area contributed by atoms with Crippen molar-refractivity contribution in [1.82, 2.24) is 15.1 Å². The number of nitrogens with zero attached hydrogens (tertiary/aromatic N) is 2. The minimum atomic E-state index is 0.558. The number of aromatic nitrogens is 2. The standard InChI is InChI=1S/C16H23N3O2/c1-3-9-17-13-14-8-10-18-19(14)11-12-21-16-7-5-4-6-15(16)20-2/h4-8,10,17H,3,9,11-13H2,1-2H3. The Kier molecular flexibility index (Phi) is 6.09. The van der Waals surface area contributed by atoms with Crippen molar-refractivity contribution < 1.29 is 9.47 Å². The number of ether oxygens (including phenoxy) is 2. The van der Waals surface area contributed by atoms with Crippen LogP contribution >= 0.6 is 0 Å². The molecule has 0 amide bonds. The highest BCUT2D eigenvalue weighted by Gasteiger charge is 2.05. The van der Waals surface area contributed by atoms with Crippen LogP contribution in [0.2, 0.25) is 0 Å². The van der Waals surface area contributed by atoms with Crippen molar-refractivity contribution in [3.8, 4) is 11.5 Å². The first-order chi connectivity index (χ1) is 10.3. The lowest BCUT2D eigenvalue weighted by atomic mass is 10.3. The van der Waals surface area contributed by atoms with Crippen molar-refractivity contribution in [2.75, 3.05) is 20.3 Å². The van der Waals surface area contributed by atoms with Crippen LogP contribution in [-0.4, -0.2) is 30.0 Å². The van der Waals surface area contributed by atoms with Gasteiger partial charge in [-0.3, -0.25) is 4.68 Å². The maximum Gasteiger partial charge on any atom is 0.161 e. The minimum absolute atomic E-state index is 0.558. The van der Waals surface area contributed by atoms with Crippen LogP contribution in [0.1, 0.15) is 19.0 Å². The predicted octanol–water partition coefficient (Wildman–Crippen LogP) is 2.47. The van der Waals surface area contributed by atoms with Gasteiger partial charge in [0.15, 0.2) is 11.5 Å². The number of hydrogen-bond acceptors (Lipinski definition) is 4. The Balaban J connectivity index is 1.84. The zero-order valence-electron chi connectivity index (χ0n) is 12.7. The maximum atomic E-state index is 5.78. The topological polar surface area (TPSA) is 48.3 Å². The first-order valence-electron chi connectivity index (χ1n) is 7.32. The largest absolute Gasteiger partial charge is 0.493 e. The maximum absolute atomic E-state index is 5.78. The number of methoxy groups -OCH3 is 1. The van der Waals surface area contributed by atoms with E-state index in [2.05, 4.69) is 17.3 Å². The third kappa shape index (κ3) is 4.49. The molecule has 0 saturated carbocycles. The molecule has 0 spiro atoms. The summed E-state index contributed by atoms with van der Waals surface area (Å²) in [6, 6.07) is 9.70. The lowest BCUT2D eigenvalue weighted by Crippen LogP contribution is -2.19. The van der Waals surface area contributed by atoms with Gasteiger partial charge in [-0.2, -0.15) is 5.10 Å². The zero-order valence-corrected chi connectivity index (χ0v) is 12.7. The number of nitrogens with one attached hydrogen (secondary N) is 1. The van der Waals surface area contributed by atoms with Crippen LogP contribution in [0.3, 0.4) is 0 Å². The molecule has 0 fully saturated rings. The van der Waals surface area contributed by atoms with Gasteiger partial charge in [-0.15, -0.1) is 0 Å². The van der Waals surface area contributed by atoms with Crippen LogP contribution in [0.15, 0.2) is 36.5 Å². The average molecular weight is 289 g/mol. The van der Waals surface area contributed by atoms with Gasteiger partial charge in [0.2, 0.25) is 0 Å². The molecule has 0 bridgehead atoms. The van der Waals surface area contributed by atoms with Gasteiger partial charge in [0.25, 0.3) is 0 Å². The highest BCUT2D eigenvalue weighted by molar-refractivity contribution is 5.39. The number of benzene rings is 1. The summed E-state index contributed by atoms with van der Waals surface area (Å²) in [7, 11) is 1.65. The molecule has 1 N–H and O–H groups in total. The minimum Gasteiger partial charge on any atom is -0.493 e. The van der Waals surface area contributed by atoms with E-state index in [0.29, 0.717) is 13.2 Å². The van der Waals surface area contributed by atoms with Crippen LogP contribution in [0.5, 0.6) is 11.5 Å². The van der Waals surface area contributed by atoms with Gasteiger partial charge in [-0.1, -0.05) is 19.1 Å². The predicted molar refractivity (Wildman–Crippen MR) is 82.7 cm³/mol. The van der Waals surface area contributed by atoms with E-state index in [9.17, 15) is 0 Å². The van der Waals surface area contributed by atoms with E-state index in [1.807, 2.05) is 41.2 Å². The molecule has 114 valence electrons. The van der Waals surface area contributed by atoms with Gasteiger partial charge in [-0.05, 0) is 31.2 Å². The summed E-state index contributed by atoms with van der Waals surface area (Å²) in [5.74, 6) is 1.51. The third-order valence-corrected chi connectivity index (χ3v) is 3.17. The molecule has 0 aliphatic heterocycles. The van der Waals surface area contributed by atoms with Gasteiger partial charge >= 0.3 is 0 Å². The SMILES string of the molecule is CCCNCc1ccnn1CCOc1ccccc1OC. The molecule has 2 rings (SSSR count). The van der Waals surface area contributed by atoms with E-state index < -0.39 is 0 Å². The summed E-state index contributed by atoms with van der Waals surface area (Å²) in [4.78, 5) is 0. The molecule has 0 atom stereocenters. The summed E-state index contributed by atoms with van der Waals surface area (Å²) in [6.07, 6.45) is 2.96. The van der Waals surface area contributed by atoms with Crippen LogP contribution in [0.4, 0.5) is 0 Å². The third-order valence-electron chi connectivity index (χ3n) is 3.17. The molecule has 2 aromatic rings. The molecule has 0 unspecified atom stereocenters. The summed E-state index contributed by atoms with van der Waals surface area (Å²) < 4.78 is 13.0. The van der Waals surface area contributed by atoms with Gasteiger partial charge in [0.05, 0.1) is 19.3 Å². The van der Waals surface area contributed by atoms with E-state index in [-0.39, 0.29) is 0 Å². The number of hydrogen-bond donors (Lipinski definition) is 1. The zero-order chi connectivity index (χ0) is 14.9. The lowest BCUT2D eigenvalue weighted by Gasteiger charge is -2.12. The van der Waals surface area contributed by atoms with E-state index in [1.165, 1.54) is 5.69 Å². The van der Waals surface area contributed by atoms with Crippen LogP contribution in [-0.2, 0) is 13.1 Å². The summed E-state index contributed by atoms with van der Waals surface area (Å²) in [5, 5.41) is 7.72. The van der Waals surface area contributed by atoms with E-state index >= 15 is 0 Å². The van der Waals surface area contributed by atoms with Crippen molar-refractivity contribution in [1.29, 1.82) is 0 Å². The normalized spacial score (nSPS) is 10.6. The molecule has 1 aromatic carbocycles. The molecule has 0 aliphatic rings. The van der Waals surface area contributed by atoms with E-state index in [1.54, 1.807) is 7.11 Å². The lowest BCUT2D eigenvalue weighted by molar-refractivity contribution is 0.272. The fourth-order valence-electron chi connectivity index (χ4n) is 2.08. The Labute approximate surface area is 125 Å².